The molecular formula is C8H13N3. The summed E-state index contributed by atoms with van der Waals surface area (Å²) >= 11 is 0. The second-order valence-corrected chi connectivity index (χ2v) is 2.50. The van der Waals surface area contributed by atoms with E-state index in [0.29, 0.717) is 0 Å². The molecule has 0 aliphatic carbocycles. The van der Waals surface area contributed by atoms with Crippen molar-refractivity contribution in [1.29, 1.82) is 0 Å². The highest BCUT2D eigenvalue weighted by molar-refractivity contribution is 5.54. The highest BCUT2D eigenvalue weighted by Gasteiger charge is 1.88. The zero-order chi connectivity index (χ0) is 8.10. The lowest BCUT2D eigenvalue weighted by Crippen LogP contribution is -2.12. The first-order chi connectivity index (χ1) is 5.29. The molecule has 0 saturated heterocycles. The van der Waals surface area contributed by atoms with E-state index in [9.17, 15) is 0 Å². The topological polar surface area (TPSA) is 27.6 Å². The van der Waals surface area contributed by atoms with Crippen molar-refractivity contribution in [1.82, 2.24) is 10.3 Å². The van der Waals surface area contributed by atoms with E-state index >= 15 is 0 Å². The Kier molecular flexibility index (Phi) is 2.72. The molecule has 0 saturated carbocycles. The molecule has 0 aromatic rings. The standard InChI is InChI=1S/C8H13N3/c1-8-4-3-5-9-7-10-11(2)6-8/h3-4,6-7H,5H2,1-2H3,(H,9,10)/b4-3-,8-6-. The molecule has 0 aromatic heterocycles. The van der Waals surface area contributed by atoms with Crippen molar-refractivity contribution in [3.8, 4) is 0 Å². The van der Waals surface area contributed by atoms with Crippen molar-refractivity contribution in [3.63, 3.8) is 0 Å². The minimum atomic E-state index is 0.836. The third-order valence-electron chi connectivity index (χ3n) is 1.34. The quantitative estimate of drug-likeness (QED) is 0.557. The van der Waals surface area contributed by atoms with E-state index < -0.39 is 0 Å². The van der Waals surface area contributed by atoms with Crippen molar-refractivity contribution < 1.29 is 0 Å². The number of allylic oxidation sites excluding steroid dienone is 2. The van der Waals surface area contributed by atoms with E-state index in [0.717, 1.165) is 6.54 Å². The van der Waals surface area contributed by atoms with E-state index in [2.05, 4.69) is 22.6 Å². The molecule has 1 heterocycles. The third-order valence-corrected chi connectivity index (χ3v) is 1.34. The van der Waals surface area contributed by atoms with Gasteiger partial charge in [-0.25, -0.2) is 0 Å². The summed E-state index contributed by atoms with van der Waals surface area (Å²) in [5.74, 6) is 0. The molecule has 0 aromatic carbocycles. The molecule has 1 rings (SSSR count). The molecule has 60 valence electrons. The summed E-state index contributed by atoms with van der Waals surface area (Å²) in [5.41, 5.74) is 1.20. The number of nitrogens with one attached hydrogen (secondary N) is 1. The summed E-state index contributed by atoms with van der Waals surface area (Å²) in [7, 11) is 1.90. The molecule has 0 fully saturated rings. The van der Waals surface area contributed by atoms with E-state index in [1.54, 1.807) is 11.3 Å². The number of hydrogen-bond acceptors (Lipinski definition) is 3. The molecule has 0 bridgehead atoms. The van der Waals surface area contributed by atoms with Crippen LogP contribution in [0, 0.1) is 0 Å². The van der Waals surface area contributed by atoms with Crippen molar-refractivity contribution in [3.05, 3.63) is 23.9 Å². The van der Waals surface area contributed by atoms with Crippen molar-refractivity contribution in [2.45, 2.75) is 6.92 Å². The van der Waals surface area contributed by atoms with Crippen LogP contribution in [0.3, 0.4) is 0 Å². The Balaban J connectivity index is 2.70. The minimum absolute atomic E-state index is 0.836. The summed E-state index contributed by atoms with van der Waals surface area (Å²) < 4.78 is 0. The lowest BCUT2D eigenvalue weighted by molar-refractivity contribution is 0.488. The lowest BCUT2D eigenvalue weighted by Gasteiger charge is -2.05. The maximum atomic E-state index is 4.07. The summed E-state index contributed by atoms with van der Waals surface area (Å²) in [6.07, 6.45) is 7.80. The van der Waals surface area contributed by atoms with Gasteiger partial charge in [-0.1, -0.05) is 12.2 Å². The van der Waals surface area contributed by atoms with Gasteiger partial charge in [-0.05, 0) is 12.5 Å². The number of rotatable bonds is 0. The van der Waals surface area contributed by atoms with Gasteiger partial charge in [0.2, 0.25) is 0 Å². The van der Waals surface area contributed by atoms with Crippen LogP contribution < -0.4 is 5.32 Å². The van der Waals surface area contributed by atoms with Crippen LogP contribution in [0.4, 0.5) is 0 Å². The number of nitrogens with zero attached hydrogens (tertiary/aromatic N) is 2. The maximum absolute atomic E-state index is 4.07. The summed E-state index contributed by atoms with van der Waals surface area (Å²) in [4.78, 5) is 0. The Morgan fingerprint density at radius 3 is 3.27 bits per heavy atom. The second-order valence-electron chi connectivity index (χ2n) is 2.50. The number of hydrazone groups is 1. The largest absolute Gasteiger partial charge is 0.371 e. The minimum Gasteiger partial charge on any atom is -0.371 e. The van der Waals surface area contributed by atoms with Crippen LogP contribution in [0.2, 0.25) is 0 Å². The first kappa shape index (κ1) is 7.85. The molecule has 1 aliphatic rings. The lowest BCUT2D eigenvalue weighted by atomic mass is 10.3. The first-order valence-electron chi connectivity index (χ1n) is 3.62. The fraction of sp³-hybridized carbons (Fsp3) is 0.375. The van der Waals surface area contributed by atoms with Crippen LogP contribution in [0.1, 0.15) is 6.92 Å². The van der Waals surface area contributed by atoms with Crippen LogP contribution >= 0.6 is 0 Å². The molecule has 1 N–H and O–H groups in total. The van der Waals surface area contributed by atoms with E-state index in [1.165, 1.54) is 5.57 Å². The molecule has 11 heavy (non-hydrogen) atoms. The van der Waals surface area contributed by atoms with Crippen LogP contribution in [-0.4, -0.2) is 24.9 Å². The van der Waals surface area contributed by atoms with Crippen LogP contribution in [0.25, 0.3) is 0 Å². The van der Waals surface area contributed by atoms with Crippen LogP contribution in [0.5, 0.6) is 0 Å². The molecular weight excluding hydrogens is 138 g/mol. The number of hydrogen-bond donors (Lipinski definition) is 1. The van der Waals surface area contributed by atoms with Gasteiger partial charge in [0.15, 0.2) is 0 Å². The van der Waals surface area contributed by atoms with Crippen LogP contribution in [-0.2, 0) is 0 Å². The molecule has 0 unspecified atom stereocenters. The maximum Gasteiger partial charge on any atom is 0.109 e. The zero-order valence-corrected chi connectivity index (χ0v) is 6.91. The monoisotopic (exact) mass is 151 g/mol. The Hall–Kier alpha value is -1.25. The van der Waals surface area contributed by atoms with E-state index in [4.69, 9.17) is 0 Å². The molecule has 3 heteroatoms. The van der Waals surface area contributed by atoms with Gasteiger partial charge < -0.3 is 5.32 Å². The normalized spacial score (nSPS) is 28.5. The predicted octanol–water partition coefficient (Wildman–Crippen LogP) is 0.925. The summed E-state index contributed by atoms with van der Waals surface area (Å²) in [6, 6.07) is 0. The Labute approximate surface area is 67.1 Å². The van der Waals surface area contributed by atoms with Gasteiger partial charge in [-0.2, -0.15) is 5.10 Å². The fourth-order valence-electron chi connectivity index (χ4n) is 0.869. The Morgan fingerprint density at radius 1 is 1.64 bits per heavy atom. The van der Waals surface area contributed by atoms with E-state index in [-0.39, 0.29) is 0 Å². The SMILES string of the molecule is CC1=C/N(C)/N=C\NC/C=C\1. The van der Waals surface area contributed by atoms with Gasteiger partial charge in [0.1, 0.15) is 6.34 Å². The zero-order valence-electron chi connectivity index (χ0n) is 6.91. The average molecular weight is 151 g/mol. The Bertz CT molecular complexity index is 203. The van der Waals surface area contributed by atoms with Gasteiger partial charge in [0.05, 0.1) is 0 Å². The van der Waals surface area contributed by atoms with Gasteiger partial charge >= 0.3 is 0 Å². The molecule has 0 radical (unpaired) electrons. The second kappa shape index (κ2) is 3.81. The van der Waals surface area contributed by atoms with Gasteiger partial charge in [0, 0.05) is 19.8 Å². The van der Waals surface area contributed by atoms with Crippen LogP contribution in [0.15, 0.2) is 29.0 Å². The third kappa shape index (κ3) is 2.89. The van der Waals surface area contributed by atoms with Crippen molar-refractivity contribution in [2.75, 3.05) is 13.6 Å². The smallest absolute Gasteiger partial charge is 0.109 e. The molecule has 0 amide bonds. The fourth-order valence-corrected chi connectivity index (χ4v) is 0.869. The predicted molar refractivity (Wildman–Crippen MR) is 47.2 cm³/mol. The van der Waals surface area contributed by atoms with Gasteiger partial charge in [-0.3, -0.25) is 5.01 Å². The molecule has 0 spiro atoms. The molecule has 3 nitrogen and oxygen atoms in total. The van der Waals surface area contributed by atoms with Gasteiger partial charge in [-0.15, -0.1) is 0 Å². The first-order valence-corrected chi connectivity index (χ1v) is 3.62. The van der Waals surface area contributed by atoms with Crippen molar-refractivity contribution >= 4 is 6.34 Å². The summed E-state index contributed by atoms with van der Waals surface area (Å²) in [6.45, 7) is 2.89. The highest BCUT2D eigenvalue weighted by atomic mass is 15.4. The van der Waals surface area contributed by atoms with Crippen molar-refractivity contribution in [2.24, 2.45) is 5.10 Å². The summed E-state index contributed by atoms with van der Waals surface area (Å²) in [5, 5.41) is 8.88. The molecule has 1 aliphatic heterocycles. The Morgan fingerprint density at radius 2 is 2.45 bits per heavy atom. The highest BCUT2D eigenvalue weighted by Crippen LogP contribution is 1.97. The van der Waals surface area contributed by atoms with E-state index in [1.807, 2.05) is 20.2 Å². The average Bonchev–Trinajstić information content (AvgIpc) is 2.02. The van der Waals surface area contributed by atoms with Gasteiger partial charge in [0.25, 0.3) is 0 Å². The molecule has 0 atom stereocenters.